The van der Waals surface area contributed by atoms with Crippen LogP contribution in [-0.2, 0) is 13.0 Å². The third-order valence-corrected chi connectivity index (χ3v) is 4.25. The van der Waals surface area contributed by atoms with Gasteiger partial charge < -0.3 is 15.6 Å². The van der Waals surface area contributed by atoms with Gasteiger partial charge >= 0.3 is 0 Å². The first-order chi connectivity index (χ1) is 12.7. The number of aliphatic imine (C=N–C) groups is 1. The van der Waals surface area contributed by atoms with Crippen LogP contribution in [0.2, 0.25) is 5.02 Å². The van der Waals surface area contributed by atoms with E-state index < -0.39 is 0 Å². The number of imidazole rings is 1. The minimum Gasteiger partial charge on any atom is -0.357 e. The first-order valence-corrected chi connectivity index (χ1v) is 9.32. The normalized spacial score (nSPS) is 11.7. The predicted octanol–water partition coefficient (Wildman–Crippen LogP) is 3.90. The maximum absolute atomic E-state index is 5.92. The fourth-order valence-electron chi connectivity index (χ4n) is 2.69. The van der Waals surface area contributed by atoms with Crippen molar-refractivity contribution in [1.29, 1.82) is 0 Å². The number of guanidine groups is 1. The molecule has 26 heavy (non-hydrogen) atoms. The molecule has 0 amide bonds. The highest BCUT2D eigenvalue weighted by atomic mass is 35.5. The van der Waals surface area contributed by atoms with Crippen LogP contribution in [-0.4, -0.2) is 29.0 Å². The van der Waals surface area contributed by atoms with Gasteiger partial charge in [-0.15, -0.1) is 0 Å². The Bertz CT molecular complexity index is 821. The molecule has 3 rings (SSSR count). The monoisotopic (exact) mass is 369 g/mol. The Morgan fingerprint density at radius 3 is 2.69 bits per heavy atom. The van der Waals surface area contributed by atoms with Crippen molar-refractivity contribution in [2.75, 3.05) is 13.1 Å². The van der Waals surface area contributed by atoms with Gasteiger partial charge in [-0.1, -0.05) is 35.9 Å². The molecule has 1 aromatic heterocycles. The molecule has 0 aliphatic heterocycles. The molecular formula is C20H24ClN5. The summed E-state index contributed by atoms with van der Waals surface area (Å²) < 4.78 is 0. The highest BCUT2D eigenvalue weighted by molar-refractivity contribution is 6.30. The van der Waals surface area contributed by atoms with E-state index in [1.807, 2.05) is 42.5 Å². The van der Waals surface area contributed by atoms with E-state index in [-0.39, 0.29) is 0 Å². The lowest BCUT2D eigenvalue weighted by Crippen LogP contribution is -2.37. The summed E-state index contributed by atoms with van der Waals surface area (Å²) in [5.41, 5.74) is 3.25. The van der Waals surface area contributed by atoms with Crippen LogP contribution < -0.4 is 10.6 Å². The molecule has 0 radical (unpaired) electrons. The van der Waals surface area contributed by atoms with Gasteiger partial charge in [0.05, 0.1) is 17.6 Å². The van der Waals surface area contributed by atoms with Gasteiger partial charge in [0, 0.05) is 24.5 Å². The first-order valence-electron chi connectivity index (χ1n) is 8.95. The highest BCUT2D eigenvalue weighted by Crippen LogP contribution is 2.11. The number of nitrogens with zero attached hydrogens (tertiary/aromatic N) is 2. The SMILES string of the molecule is CCNC(=NCc1ccc(Cl)cc1)NCCCc1nc2ccccc2[nH]1. The van der Waals surface area contributed by atoms with Crippen molar-refractivity contribution in [2.45, 2.75) is 26.3 Å². The van der Waals surface area contributed by atoms with Gasteiger partial charge in [-0.25, -0.2) is 9.98 Å². The van der Waals surface area contributed by atoms with E-state index >= 15 is 0 Å². The average molecular weight is 370 g/mol. The zero-order valence-electron chi connectivity index (χ0n) is 14.9. The lowest BCUT2D eigenvalue weighted by Gasteiger charge is -2.11. The molecule has 1 heterocycles. The summed E-state index contributed by atoms with van der Waals surface area (Å²) in [4.78, 5) is 12.6. The van der Waals surface area contributed by atoms with Gasteiger partial charge in [-0.2, -0.15) is 0 Å². The van der Waals surface area contributed by atoms with Crippen molar-refractivity contribution >= 4 is 28.6 Å². The van der Waals surface area contributed by atoms with Crippen LogP contribution in [0.5, 0.6) is 0 Å². The number of hydrogen-bond donors (Lipinski definition) is 3. The van der Waals surface area contributed by atoms with Gasteiger partial charge in [0.15, 0.2) is 5.96 Å². The highest BCUT2D eigenvalue weighted by Gasteiger charge is 2.02. The quantitative estimate of drug-likeness (QED) is 0.336. The Morgan fingerprint density at radius 2 is 1.92 bits per heavy atom. The fraction of sp³-hybridized carbons (Fsp3) is 0.300. The summed E-state index contributed by atoms with van der Waals surface area (Å²) in [6.07, 6.45) is 1.88. The second-order valence-corrected chi connectivity index (χ2v) is 6.49. The van der Waals surface area contributed by atoms with Crippen LogP contribution in [0, 0.1) is 0 Å². The number of nitrogens with one attached hydrogen (secondary N) is 3. The van der Waals surface area contributed by atoms with Crippen molar-refractivity contribution in [2.24, 2.45) is 4.99 Å². The van der Waals surface area contributed by atoms with Crippen LogP contribution >= 0.6 is 11.6 Å². The Labute approximate surface area is 158 Å². The zero-order valence-corrected chi connectivity index (χ0v) is 15.7. The van der Waals surface area contributed by atoms with Crippen molar-refractivity contribution in [1.82, 2.24) is 20.6 Å². The molecule has 0 spiro atoms. The third-order valence-electron chi connectivity index (χ3n) is 4.00. The maximum atomic E-state index is 5.92. The Hall–Kier alpha value is -2.53. The number of benzene rings is 2. The summed E-state index contributed by atoms with van der Waals surface area (Å²) >= 11 is 5.92. The molecule has 0 atom stereocenters. The molecule has 3 N–H and O–H groups in total. The average Bonchev–Trinajstić information content (AvgIpc) is 3.07. The number of aryl methyl sites for hydroxylation is 1. The molecule has 0 unspecified atom stereocenters. The Morgan fingerprint density at radius 1 is 1.12 bits per heavy atom. The van der Waals surface area contributed by atoms with E-state index in [9.17, 15) is 0 Å². The van der Waals surface area contributed by atoms with Crippen molar-refractivity contribution in [3.8, 4) is 0 Å². The molecular weight excluding hydrogens is 346 g/mol. The molecule has 2 aromatic carbocycles. The van der Waals surface area contributed by atoms with E-state index in [0.29, 0.717) is 6.54 Å². The smallest absolute Gasteiger partial charge is 0.191 e. The first kappa shape index (κ1) is 18.3. The number of fused-ring (bicyclic) bond motifs is 1. The van der Waals surface area contributed by atoms with E-state index in [2.05, 4.69) is 38.6 Å². The molecule has 136 valence electrons. The van der Waals surface area contributed by atoms with Gasteiger partial charge in [0.25, 0.3) is 0 Å². The minimum absolute atomic E-state index is 0.621. The number of para-hydroxylation sites is 2. The number of aromatic nitrogens is 2. The van der Waals surface area contributed by atoms with E-state index in [1.165, 1.54) is 0 Å². The van der Waals surface area contributed by atoms with E-state index in [4.69, 9.17) is 11.6 Å². The number of rotatable bonds is 7. The molecule has 5 nitrogen and oxygen atoms in total. The van der Waals surface area contributed by atoms with E-state index in [0.717, 1.165) is 59.3 Å². The van der Waals surface area contributed by atoms with Crippen LogP contribution in [0.1, 0.15) is 24.7 Å². The van der Waals surface area contributed by atoms with Gasteiger partial charge in [-0.05, 0) is 43.2 Å². The summed E-state index contributed by atoms with van der Waals surface area (Å²) in [6.45, 7) is 4.35. The van der Waals surface area contributed by atoms with Crippen molar-refractivity contribution < 1.29 is 0 Å². The zero-order chi connectivity index (χ0) is 18.2. The standard InChI is InChI=1S/C20H24ClN5/c1-2-22-20(24-14-15-9-11-16(21)12-10-15)23-13-5-8-19-25-17-6-3-4-7-18(17)26-19/h3-4,6-7,9-12H,2,5,8,13-14H2,1H3,(H,25,26)(H2,22,23,24). The van der Waals surface area contributed by atoms with Gasteiger partial charge in [-0.3, -0.25) is 0 Å². The van der Waals surface area contributed by atoms with Crippen LogP contribution in [0.25, 0.3) is 11.0 Å². The summed E-state index contributed by atoms with van der Waals surface area (Å²) in [7, 11) is 0. The molecule has 0 bridgehead atoms. The lowest BCUT2D eigenvalue weighted by molar-refractivity contribution is 0.727. The number of aromatic amines is 1. The van der Waals surface area contributed by atoms with E-state index in [1.54, 1.807) is 0 Å². The number of hydrogen-bond acceptors (Lipinski definition) is 2. The Balaban J connectivity index is 1.48. The second-order valence-electron chi connectivity index (χ2n) is 6.05. The summed E-state index contributed by atoms with van der Waals surface area (Å²) in [6, 6.07) is 15.9. The lowest BCUT2D eigenvalue weighted by atomic mass is 10.2. The Kier molecular flexibility index (Phi) is 6.50. The van der Waals surface area contributed by atoms with Crippen LogP contribution in [0.4, 0.5) is 0 Å². The number of halogens is 1. The molecule has 0 aliphatic rings. The molecule has 0 saturated carbocycles. The molecule has 3 aromatic rings. The fourth-order valence-corrected chi connectivity index (χ4v) is 2.81. The largest absolute Gasteiger partial charge is 0.357 e. The topological polar surface area (TPSA) is 65.1 Å². The third kappa shape index (κ3) is 5.23. The van der Waals surface area contributed by atoms with Crippen molar-refractivity contribution in [3.05, 3.63) is 64.9 Å². The molecule has 0 aliphatic carbocycles. The predicted molar refractivity (Wildman–Crippen MR) is 109 cm³/mol. The molecule has 6 heteroatoms. The van der Waals surface area contributed by atoms with Crippen LogP contribution in [0.3, 0.4) is 0 Å². The van der Waals surface area contributed by atoms with Crippen molar-refractivity contribution in [3.63, 3.8) is 0 Å². The minimum atomic E-state index is 0.621. The maximum Gasteiger partial charge on any atom is 0.191 e. The summed E-state index contributed by atoms with van der Waals surface area (Å²) in [5.74, 6) is 1.85. The number of H-pyrrole nitrogens is 1. The van der Waals surface area contributed by atoms with Gasteiger partial charge in [0.2, 0.25) is 0 Å². The van der Waals surface area contributed by atoms with Crippen LogP contribution in [0.15, 0.2) is 53.5 Å². The summed E-state index contributed by atoms with van der Waals surface area (Å²) in [5, 5.41) is 7.40. The molecule has 0 saturated heterocycles. The second kappa shape index (κ2) is 9.25. The molecule has 0 fully saturated rings. The van der Waals surface area contributed by atoms with Gasteiger partial charge in [0.1, 0.15) is 5.82 Å².